The normalized spacial score (nSPS) is 13.1. The summed E-state index contributed by atoms with van der Waals surface area (Å²) in [5, 5.41) is 23.8. The molecule has 1 aliphatic rings. The van der Waals surface area contributed by atoms with E-state index in [1.807, 2.05) is 0 Å². The average molecular weight is 540 g/mol. The number of carbonyl (C=O) groups excluding carboxylic acids is 2. The van der Waals surface area contributed by atoms with Crippen molar-refractivity contribution in [3.63, 3.8) is 0 Å². The van der Waals surface area contributed by atoms with Crippen molar-refractivity contribution in [3.8, 4) is 17.4 Å². The molecule has 39 heavy (non-hydrogen) atoms. The van der Waals surface area contributed by atoms with Crippen molar-refractivity contribution in [2.45, 2.75) is 6.54 Å². The zero-order valence-electron chi connectivity index (χ0n) is 21.3. The van der Waals surface area contributed by atoms with Crippen LogP contribution in [-0.2, 0) is 11.3 Å². The molecular weight excluding hydrogens is 509 g/mol. The summed E-state index contributed by atoms with van der Waals surface area (Å²) in [5.74, 6) is 0.715. The molecule has 1 saturated heterocycles. The second-order valence-electron chi connectivity index (χ2n) is 8.69. The van der Waals surface area contributed by atoms with Gasteiger partial charge in [-0.05, 0) is 54.7 Å². The molecule has 12 heteroatoms. The molecule has 206 valence electrons. The van der Waals surface area contributed by atoms with Gasteiger partial charge in [-0.25, -0.2) is 23.9 Å². The van der Waals surface area contributed by atoms with E-state index >= 15 is 0 Å². The number of hydrogen-bond donors (Lipinski definition) is 4. The molecule has 11 nitrogen and oxygen atoms in total. The molecular formula is C27H30FN5O6. The molecule has 2 heterocycles. The van der Waals surface area contributed by atoms with Gasteiger partial charge in [-0.2, -0.15) is 0 Å². The zero-order chi connectivity index (χ0) is 28.3. The molecule has 0 atom stereocenters. The summed E-state index contributed by atoms with van der Waals surface area (Å²) in [6.07, 6.45) is 1.11. The number of hydrogen-bond acceptors (Lipinski definition) is 8. The minimum atomic E-state index is -0.595. The second-order valence-corrected chi connectivity index (χ2v) is 8.69. The lowest BCUT2D eigenvalue weighted by Gasteiger charge is -2.42. The van der Waals surface area contributed by atoms with Crippen LogP contribution in [0.15, 0.2) is 71.9 Å². The van der Waals surface area contributed by atoms with Gasteiger partial charge in [0.15, 0.2) is 0 Å². The molecule has 4 N–H and O–H groups in total. The molecule has 1 aromatic heterocycles. The predicted octanol–water partition coefficient (Wildman–Crippen LogP) is 3.60. The van der Waals surface area contributed by atoms with E-state index in [0.717, 1.165) is 22.3 Å². The summed E-state index contributed by atoms with van der Waals surface area (Å²) in [7, 11) is 1.44. The Morgan fingerprint density at radius 1 is 1.13 bits per heavy atom. The van der Waals surface area contributed by atoms with Crippen LogP contribution in [0, 0.1) is 11.2 Å². The standard InChI is InChI=1S/C15H21N3O5.C12H9FN2O/c1-16-13(21)18(7-15(8-19)9-23-10-15)14(22)17-6-11-2-4-12(20)5-3-11;1-14-10-3-5-11(6-4-10)16-12-7-2-9(13)8-15-12/h2-5,19-20H,6-10H2,1H3,(H,16,21)(H,17,22);2-8H,1H2. The zero-order valence-corrected chi connectivity index (χ0v) is 21.3. The minimum Gasteiger partial charge on any atom is -0.508 e. The number of urea groups is 2. The molecule has 0 aliphatic carbocycles. The number of carbonyl (C=O) groups is 2. The van der Waals surface area contributed by atoms with Crippen LogP contribution < -0.4 is 15.4 Å². The Bertz CT molecular complexity index is 1230. The van der Waals surface area contributed by atoms with Crippen molar-refractivity contribution in [1.82, 2.24) is 20.5 Å². The fraction of sp³-hybridized carbons (Fsp3) is 0.259. The van der Waals surface area contributed by atoms with Crippen molar-refractivity contribution in [3.05, 3.63) is 78.2 Å². The van der Waals surface area contributed by atoms with Crippen LogP contribution in [0.1, 0.15) is 5.56 Å². The van der Waals surface area contributed by atoms with E-state index in [1.54, 1.807) is 36.4 Å². The Hall–Kier alpha value is -4.55. The summed E-state index contributed by atoms with van der Waals surface area (Å²) >= 11 is 0. The van der Waals surface area contributed by atoms with E-state index in [9.17, 15) is 24.2 Å². The maximum absolute atomic E-state index is 12.6. The third-order valence-electron chi connectivity index (χ3n) is 5.67. The largest absolute Gasteiger partial charge is 0.508 e. The maximum atomic E-state index is 12.6. The first-order chi connectivity index (χ1) is 18.8. The van der Waals surface area contributed by atoms with Gasteiger partial charge in [0.2, 0.25) is 5.88 Å². The lowest BCUT2D eigenvalue weighted by molar-refractivity contribution is -0.140. The number of rotatable bonds is 8. The lowest BCUT2D eigenvalue weighted by Crippen LogP contribution is -2.58. The quantitative estimate of drug-likeness (QED) is 0.320. The van der Waals surface area contributed by atoms with E-state index in [1.165, 1.54) is 31.3 Å². The van der Waals surface area contributed by atoms with Crippen molar-refractivity contribution >= 4 is 24.5 Å². The highest BCUT2D eigenvalue weighted by atomic mass is 19.1. The van der Waals surface area contributed by atoms with Gasteiger partial charge in [-0.15, -0.1) is 0 Å². The molecule has 0 unspecified atom stereocenters. The van der Waals surface area contributed by atoms with Crippen LogP contribution >= 0.6 is 0 Å². The molecule has 0 spiro atoms. The number of imide groups is 1. The smallest absolute Gasteiger partial charge is 0.325 e. The number of aliphatic hydroxyl groups is 1. The van der Waals surface area contributed by atoms with Crippen LogP contribution in [0.4, 0.5) is 19.7 Å². The van der Waals surface area contributed by atoms with Crippen LogP contribution in [0.2, 0.25) is 0 Å². The SMILES string of the molecule is C=Nc1ccc(Oc2ccc(F)cn2)cc1.CNC(=O)N(CC1(CO)COC1)C(=O)NCc1ccc(O)cc1. The number of amides is 4. The van der Waals surface area contributed by atoms with Gasteiger partial charge in [0.1, 0.15) is 17.3 Å². The number of aliphatic hydroxyl groups excluding tert-OH is 1. The van der Waals surface area contributed by atoms with E-state index in [4.69, 9.17) is 9.47 Å². The first-order valence-electron chi connectivity index (χ1n) is 11.9. The van der Waals surface area contributed by atoms with Crippen LogP contribution in [0.3, 0.4) is 0 Å². The molecule has 3 aromatic rings. The average Bonchev–Trinajstić information content (AvgIpc) is 2.94. The molecule has 4 rings (SSSR count). The summed E-state index contributed by atoms with van der Waals surface area (Å²) in [6.45, 7) is 4.16. The van der Waals surface area contributed by atoms with Gasteiger partial charge in [-0.3, -0.25) is 4.99 Å². The van der Waals surface area contributed by atoms with Gasteiger partial charge in [0.05, 0.1) is 37.1 Å². The van der Waals surface area contributed by atoms with Gasteiger partial charge in [0, 0.05) is 26.2 Å². The number of aliphatic imine (C=N–C) groups is 1. The molecule has 2 aromatic carbocycles. The summed E-state index contributed by atoms with van der Waals surface area (Å²) < 4.78 is 23.1. The number of phenols is 1. The number of aromatic hydroxyl groups is 1. The van der Waals surface area contributed by atoms with E-state index in [-0.39, 0.29) is 25.4 Å². The number of benzene rings is 2. The molecule has 1 aliphatic heterocycles. The number of nitrogens with one attached hydrogen (secondary N) is 2. The van der Waals surface area contributed by atoms with Gasteiger partial charge >= 0.3 is 12.1 Å². The Morgan fingerprint density at radius 2 is 1.82 bits per heavy atom. The number of nitrogens with zero attached hydrogens (tertiary/aromatic N) is 3. The number of pyridine rings is 1. The van der Waals surface area contributed by atoms with E-state index in [0.29, 0.717) is 24.8 Å². The van der Waals surface area contributed by atoms with Crippen molar-refractivity contribution in [2.75, 3.05) is 33.4 Å². The Kier molecular flexibility index (Phi) is 10.3. The monoisotopic (exact) mass is 539 g/mol. The minimum absolute atomic E-state index is 0.0740. The van der Waals surface area contributed by atoms with Gasteiger partial charge < -0.3 is 30.3 Å². The van der Waals surface area contributed by atoms with Crippen LogP contribution in [0.25, 0.3) is 0 Å². The van der Waals surface area contributed by atoms with Crippen molar-refractivity contribution in [2.24, 2.45) is 10.4 Å². The predicted molar refractivity (Wildman–Crippen MR) is 142 cm³/mol. The highest BCUT2D eigenvalue weighted by Crippen LogP contribution is 2.28. The fourth-order valence-electron chi connectivity index (χ4n) is 3.38. The summed E-state index contributed by atoms with van der Waals surface area (Å²) in [4.78, 5) is 32.8. The van der Waals surface area contributed by atoms with Crippen LogP contribution in [0.5, 0.6) is 17.4 Å². The second kappa shape index (κ2) is 13.8. The highest BCUT2D eigenvalue weighted by molar-refractivity contribution is 5.93. The van der Waals surface area contributed by atoms with Gasteiger partial charge in [0.25, 0.3) is 0 Å². The number of halogens is 1. The molecule has 0 saturated carbocycles. The Labute approximate surface area is 224 Å². The third kappa shape index (κ3) is 8.48. The molecule has 1 fully saturated rings. The molecule has 0 bridgehead atoms. The van der Waals surface area contributed by atoms with Crippen LogP contribution in [-0.4, -0.2) is 72.3 Å². The lowest BCUT2D eigenvalue weighted by atomic mass is 9.86. The third-order valence-corrected chi connectivity index (χ3v) is 5.67. The Balaban J connectivity index is 0.000000230. The van der Waals surface area contributed by atoms with E-state index in [2.05, 4.69) is 27.3 Å². The number of ether oxygens (including phenoxy) is 2. The maximum Gasteiger partial charge on any atom is 0.325 e. The van der Waals surface area contributed by atoms with Gasteiger partial charge in [-0.1, -0.05) is 12.1 Å². The fourth-order valence-corrected chi connectivity index (χ4v) is 3.38. The molecule has 4 amide bonds. The molecule has 0 radical (unpaired) electrons. The van der Waals surface area contributed by atoms with Crippen molar-refractivity contribution in [1.29, 1.82) is 0 Å². The number of aromatic nitrogens is 1. The Morgan fingerprint density at radius 3 is 2.33 bits per heavy atom. The highest BCUT2D eigenvalue weighted by Gasteiger charge is 2.42. The summed E-state index contributed by atoms with van der Waals surface area (Å²) in [6, 6.07) is 15.1. The first-order valence-corrected chi connectivity index (χ1v) is 11.9. The summed E-state index contributed by atoms with van der Waals surface area (Å²) in [5.41, 5.74) is 0.957. The van der Waals surface area contributed by atoms with E-state index < -0.39 is 23.3 Å². The topological polar surface area (TPSA) is 146 Å². The number of phenolic OH excluding ortho intramolecular Hbond substituents is 1. The van der Waals surface area contributed by atoms with Crippen molar-refractivity contribution < 1.29 is 33.7 Å². The first kappa shape index (κ1) is 29.0.